The summed E-state index contributed by atoms with van der Waals surface area (Å²) in [4.78, 5) is 12.1. The molecule has 2 rings (SSSR count). The SMILES string of the molecule is CC1(NC(=O)c2cccc(CCl)c2)CCS(=O)(=O)C1. The summed E-state index contributed by atoms with van der Waals surface area (Å²) < 4.78 is 23.0. The fraction of sp³-hybridized carbons (Fsp3) is 0.462. The second-order valence-electron chi connectivity index (χ2n) is 5.19. The van der Waals surface area contributed by atoms with Crippen LogP contribution in [0.2, 0.25) is 0 Å². The number of hydrogen-bond donors (Lipinski definition) is 1. The molecule has 1 unspecified atom stereocenters. The highest BCUT2D eigenvalue weighted by Gasteiger charge is 2.39. The van der Waals surface area contributed by atoms with Crippen LogP contribution < -0.4 is 5.32 Å². The van der Waals surface area contributed by atoms with Crippen LogP contribution in [0.4, 0.5) is 0 Å². The number of hydrogen-bond acceptors (Lipinski definition) is 3. The van der Waals surface area contributed by atoms with E-state index in [1.807, 2.05) is 6.07 Å². The molecule has 0 radical (unpaired) electrons. The summed E-state index contributed by atoms with van der Waals surface area (Å²) >= 11 is 5.73. The van der Waals surface area contributed by atoms with Gasteiger partial charge in [-0.1, -0.05) is 12.1 Å². The zero-order valence-electron chi connectivity index (χ0n) is 10.6. The lowest BCUT2D eigenvalue weighted by Crippen LogP contribution is -2.46. The minimum Gasteiger partial charge on any atom is -0.346 e. The van der Waals surface area contributed by atoms with Crippen molar-refractivity contribution in [3.05, 3.63) is 35.4 Å². The summed E-state index contributed by atoms with van der Waals surface area (Å²) in [7, 11) is -3.03. The minimum atomic E-state index is -3.03. The van der Waals surface area contributed by atoms with Crippen LogP contribution in [-0.4, -0.2) is 31.4 Å². The first-order chi connectivity index (χ1) is 8.84. The van der Waals surface area contributed by atoms with Gasteiger partial charge in [0.2, 0.25) is 0 Å². The third-order valence-corrected chi connectivity index (χ3v) is 5.47. The van der Waals surface area contributed by atoms with Crippen LogP contribution in [0.15, 0.2) is 24.3 Å². The first-order valence-electron chi connectivity index (χ1n) is 6.01. The van der Waals surface area contributed by atoms with Crippen LogP contribution in [0.3, 0.4) is 0 Å². The fourth-order valence-electron chi connectivity index (χ4n) is 2.25. The Kier molecular flexibility index (Phi) is 3.87. The van der Waals surface area contributed by atoms with Gasteiger partial charge in [0, 0.05) is 11.4 Å². The first-order valence-corrected chi connectivity index (χ1v) is 8.37. The number of rotatable bonds is 3. The third-order valence-electron chi connectivity index (χ3n) is 3.26. The Morgan fingerprint density at radius 3 is 2.79 bits per heavy atom. The molecule has 1 amide bonds. The Morgan fingerprint density at radius 2 is 2.21 bits per heavy atom. The summed E-state index contributed by atoms with van der Waals surface area (Å²) in [6.45, 7) is 1.76. The number of halogens is 1. The molecule has 0 spiro atoms. The molecule has 1 aliphatic rings. The Labute approximate surface area is 118 Å². The quantitative estimate of drug-likeness (QED) is 0.865. The lowest BCUT2D eigenvalue weighted by molar-refractivity contribution is 0.0915. The van der Waals surface area contributed by atoms with Gasteiger partial charge in [-0.05, 0) is 31.0 Å². The topological polar surface area (TPSA) is 63.2 Å². The Hall–Kier alpha value is -1.07. The maximum absolute atomic E-state index is 12.1. The number of carbonyl (C=O) groups excluding carboxylic acids is 1. The molecule has 0 aromatic heterocycles. The number of carbonyl (C=O) groups is 1. The molecule has 1 heterocycles. The molecule has 1 aliphatic heterocycles. The van der Waals surface area contributed by atoms with E-state index >= 15 is 0 Å². The van der Waals surface area contributed by atoms with Crippen molar-refractivity contribution in [2.75, 3.05) is 11.5 Å². The van der Waals surface area contributed by atoms with E-state index in [1.54, 1.807) is 25.1 Å². The van der Waals surface area contributed by atoms with Gasteiger partial charge in [-0.25, -0.2) is 8.42 Å². The number of alkyl halides is 1. The molecule has 1 atom stereocenters. The summed E-state index contributed by atoms with van der Waals surface area (Å²) in [5, 5.41) is 2.82. The van der Waals surface area contributed by atoms with E-state index in [1.165, 1.54) is 0 Å². The standard InChI is InChI=1S/C13H16ClNO3S/c1-13(5-6-19(17,18)9-13)15-12(16)11-4-2-3-10(7-11)8-14/h2-4,7H,5-6,8-9H2,1H3,(H,15,16). The highest BCUT2D eigenvalue weighted by Crippen LogP contribution is 2.23. The van der Waals surface area contributed by atoms with Crippen molar-refractivity contribution in [3.63, 3.8) is 0 Å². The molecule has 6 heteroatoms. The van der Waals surface area contributed by atoms with E-state index in [2.05, 4.69) is 5.32 Å². The molecule has 1 aromatic rings. The number of benzene rings is 1. The molecular formula is C13H16ClNO3S. The van der Waals surface area contributed by atoms with Gasteiger partial charge in [-0.3, -0.25) is 4.79 Å². The van der Waals surface area contributed by atoms with Gasteiger partial charge in [0.1, 0.15) is 0 Å². The predicted molar refractivity (Wildman–Crippen MR) is 75.1 cm³/mol. The number of sulfone groups is 1. The van der Waals surface area contributed by atoms with E-state index in [9.17, 15) is 13.2 Å². The zero-order chi connectivity index (χ0) is 14.1. The average Bonchev–Trinajstić information content (AvgIpc) is 2.63. The van der Waals surface area contributed by atoms with Crippen LogP contribution in [-0.2, 0) is 15.7 Å². The fourth-order valence-corrected chi connectivity index (χ4v) is 4.51. The summed E-state index contributed by atoms with van der Waals surface area (Å²) in [6.07, 6.45) is 0.455. The Bertz CT molecular complexity index is 600. The highest BCUT2D eigenvalue weighted by molar-refractivity contribution is 7.91. The maximum atomic E-state index is 12.1. The molecule has 19 heavy (non-hydrogen) atoms. The van der Waals surface area contributed by atoms with Crippen molar-refractivity contribution in [2.24, 2.45) is 0 Å². The second-order valence-corrected chi connectivity index (χ2v) is 7.64. The third kappa shape index (κ3) is 3.48. The Morgan fingerprint density at radius 1 is 1.47 bits per heavy atom. The van der Waals surface area contributed by atoms with E-state index in [-0.39, 0.29) is 17.4 Å². The summed E-state index contributed by atoms with van der Waals surface area (Å²) in [6, 6.07) is 7.01. The van der Waals surface area contributed by atoms with Crippen molar-refractivity contribution in [3.8, 4) is 0 Å². The van der Waals surface area contributed by atoms with Crippen molar-refractivity contribution in [1.82, 2.24) is 5.32 Å². The van der Waals surface area contributed by atoms with E-state index in [0.29, 0.717) is 17.9 Å². The van der Waals surface area contributed by atoms with Gasteiger partial charge in [0.05, 0.1) is 17.0 Å². The molecule has 0 aliphatic carbocycles. The van der Waals surface area contributed by atoms with Gasteiger partial charge < -0.3 is 5.32 Å². The smallest absolute Gasteiger partial charge is 0.251 e. The van der Waals surface area contributed by atoms with Crippen LogP contribution in [0.1, 0.15) is 29.3 Å². The molecule has 104 valence electrons. The Balaban J connectivity index is 2.13. The van der Waals surface area contributed by atoms with Gasteiger partial charge in [-0.2, -0.15) is 0 Å². The highest BCUT2D eigenvalue weighted by atomic mass is 35.5. The van der Waals surface area contributed by atoms with Gasteiger partial charge in [-0.15, -0.1) is 11.6 Å². The van der Waals surface area contributed by atoms with Crippen molar-refractivity contribution < 1.29 is 13.2 Å². The van der Waals surface area contributed by atoms with E-state index < -0.39 is 15.4 Å². The van der Waals surface area contributed by atoms with Gasteiger partial charge in [0.15, 0.2) is 9.84 Å². The molecule has 1 N–H and O–H groups in total. The van der Waals surface area contributed by atoms with Gasteiger partial charge >= 0.3 is 0 Å². The molecule has 0 bridgehead atoms. The van der Waals surface area contributed by atoms with Crippen LogP contribution in [0.25, 0.3) is 0 Å². The largest absolute Gasteiger partial charge is 0.346 e. The van der Waals surface area contributed by atoms with Crippen LogP contribution in [0.5, 0.6) is 0 Å². The van der Waals surface area contributed by atoms with Crippen LogP contribution >= 0.6 is 11.6 Å². The van der Waals surface area contributed by atoms with Crippen molar-refractivity contribution >= 4 is 27.3 Å². The zero-order valence-corrected chi connectivity index (χ0v) is 12.2. The van der Waals surface area contributed by atoms with E-state index in [0.717, 1.165) is 5.56 Å². The maximum Gasteiger partial charge on any atom is 0.251 e. The van der Waals surface area contributed by atoms with Crippen molar-refractivity contribution in [1.29, 1.82) is 0 Å². The van der Waals surface area contributed by atoms with Crippen molar-refractivity contribution in [2.45, 2.75) is 24.8 Å². The minimum absolute atomic E-state index is 0.000929. The number of nitrogens with one attached hydrogen (secondary N) is 1. The summed E-state index contributed by atoms with van der Waals surface area (Å²) in [5.41, 5.74) is 0.689. The van der Waals surface area contributed by atoms with Gasteiger partial charge in [0.25, 0.3) is 5.91 Å². The average molecular weight is 302 g/mol. The first kappa shape index (κ1) is 14.3. The lowest BCUT2D eigenvalue weighted by Gasteiger charge is -2.24. The number of amides is 1. The molecule has 1 aromatic carbocycles. The monoisotopic (exact) mass is 301 g/mol. The normalized spacial score (nSPS) is 25.2. The van der Waals surface area contributed by atoms with E-state index in [4.69, 9.17) is 11.6 Å². The molecular weight excluding hydrogens is 286 g/mol. The lowest BCUT2D eigenvalue weighted by atomic mass is 10.0. The molecule has 1 saturated heterocycles. The van der Waals surface area contributed by atoms with Crippen LogP contribution in [0, 0.1) is 0 Å². The predicted octanol–water partition coefficient (Wildman–Crippen LogP) is 1.73. The summed E-state index contributed by atoms with van der Waals surface area (Å²) in [5.74, 6) is 0.214. The second kappa shape index (κ2) is 5.13. The molecule has 1 fully saturated rings. The molecule has 4 nitrogen and oxygen atoms in total. The molecule has 0 saturated carbocycles.